The number of fused-ring (bicyclic) bond motifs is 2. The molecule has 0 spiro atoms. The Morgan fingerprint density at radius 3 is 2.94 bits per heavy atom. The number of rotatable bonds is 1. The molecule has 0 unspecified atom stereocenters. The van der Waals surface area contributed by atoms with E-state index in [0.29, 0.717) is 23.3 Å². The number of aromatic nitrogens is 3. The number of nitrogens with zero attached hydrogens (tertiary/aromatic N) is 3. The predicted molar refractivity (Wildman–Crippen MR) is 66.5 cm³/mol. The van der Waals surface area contributed by atoms with E-state index in [1.54, 1.807) is 0 Å². The van der Waals surface area contributed by atoms with E-state index in [4.69, 9.17) is 0 Å². The molecule has 0 amide bonds. The largest absolute Gasteiger partial charge is 0.342 e. The summed E-state index contributed by atoms with van der Waals surface area (Å²) in [5, 5.41) is 13.5. The molecule has 0 radical (unpaired) electrons. The lowest BCUT2D eigenvalue weighted by atomic mass is 9.97. The lowest BCUT2D eigenvalue weighted by molar-refractivity contribution is 0.650. The molecule has 1 aliphatic rings. The molecule has 0 bridgehead atoms. The van der Waals surface area contributed by atoms with Gasteiger partial charge in [0.1, 0.15) is 11.6 Å². The minimum atomic E-state index is -0.0605. The highest BCUT2D eigenvalue weighted by Crippen LogP contribution is 2.19. The fourth-order valence-electron chi connectivity index (χ4n) is 2.64. The highest BCUT2D eigenvalue weighted by molar-refractivity contribution is 5.58. The molecule has 5 nitrogen and oxygen atoms in total. The maximum atomic E-state index is 12.3. The van der Waals surface area contributed by atoms with Crippen LogP contribution in [0.4, 0.5) is 0 Å². The maximum absolute atomic E-state index is 12.3. The lowest BCUT2D eigenvalue weighted by Crippen LogP contribution is -2.25. The summed E-state index contributed by atoms with van der Waals surface area (Å²) in [5.41, 5.74) is 3.51. The zero-order valence-electron chi connectivity index (χ0n) is 10.3. The predicted octanol–water partition coefficient (Wildman–Crippen LogP) is 1.34. The van der Waals surface area contributed by atoms with Crippen molar-refractivity contribution in [1.82, 2.24) is 14.6 Å². The fraction of sp³-hybridized carbons (Fsp3) is 0.462. The van der Waals surface area contributed by atoms with Gasteiger partial charge in [-0.3, -0.25) is 4.79 Å². The average molecular weight is 242 g/mol. The van der Waals surface area contributed by atoms with Crippen molar-refractivity contribution in [2.45, 2.75) is 39.0 Å². The normalized spacial score (nSPS) is 14.4. The van der Waals surface area contributed by atoms with E-state index in [2.05, 4.69) is 16.2 Å². The van der Waals surface area contributed by atoms with Gasteiger partial charge in [0.05, 0.1) is 5.69 Å². The molecule has 1 N–H and O–H groups in total. The Morgan fingerprint density at radius 1 is 1.44 bits per heavy atom. The van der Waals surface area contributed by atoms with Gasteiger partial charge in [-0.15, -0.1) is 0 Å². The van der Waals surface area contributed by atoms with Crippen LogP contribution in [0.25, 0.3) is 5.65 Å². The summed E-state index contributed by atoms with van der Waals surface area (Å²) < 4.78 is 1.36. The van der Waals surface area contributed by atoms with Gasteiger partial charge in [-0.05, 0) is 32.1 Å². The first kappa shape index (κ1) is 11.0. The van der Waals surface area contributed by atoms with Crippen LogP contribution in [0.1, 0.15) is 42.3 Å². The van der Waals surface area contributed by atoms with Crippen molar-refractivity contribution in [1.29, 1.82) is 5.26 Å². The summed E-state index contributed by atoms with van der Waals surface area (Å²) in [4.78, 5) is 15.6. The third-order valence-electron chi connectivity index (χ3n) is 3.59. The van der Waals surface area contributed by atoms with E-state index in [0.717, 1.165) is 36.9 Å². The van der Waals surface area contributed by atoms with Crippen LogP contribution >= 0.6 is 0 Å². The molecule has 1 aliphatic carbocycles. The van der Waals surface area contributed by atoms with Gasteiger partial charge in [0, 0.05) is 11.3 Å². The Kier molecular flexibility index (Phi) is 2.44. The second-order valence-corrected chi connectivity index (χ2v) is 4.64. The zero-order chi connectivity index (χ0) is 12.7. The van der Waals surface area contributed by atoms with Crippen molar-refractivity contribution in [3.05, 3.63) is 32.9 Å². The molecule has 0 saturated carbocycles. The van der Waals surface area contributed by atoms with E-state index < -0.39 is 0 Å². The second kappa shape index (κ2) is 3.98. The number of hydrogen-bond acceptors (Lipinski definition) is 3. The quantitative estimate of drug-likeness (QED) is 0.820. The first-order valence-electron chi connectivity index (χ1n) is 6.32. The number of nitriles is 1. The van der Waals surface area contributed by atoms with Gasteiger partial charge in [-0.2, -0.15) is 14.9 Å². The summed E-state index contributed by atoms with van der Waals surface area (Å²) in [5.74, 6) is 0. The molecule has 2 aromatic heterocycles. The van der Waals surface area contributed by atoms with Gasteiger partial charge in [-0.1, -0.05) is 6.92 Å². The minimum Gasteiger partial charge on any atom is -0.342 e. The van der Waals surface area contributed by atoms with E-state index in [9.17, 15) is 10.1 Å². The van der Waals surface area contributed by atoms with E-state index in [-0.39, 0.29) is 5.56 Å². The lowest BCUT2D eigenvalue weighted by Gasteiger charge is -2.14. The van der Waals surface area contributed by atoms with Gasteiger partial charge in [0.25, 0.3) is 5.56 Å². The van der Waals surface area contributed by atoms with Crippen molar-refractivity contribution >= 4 is 5.65 Å². The third kappa shape index (κ3) is 1.39. The molecule has 3 rings (SSSR count). The Morgan fingerprint density at radius 2 is 2.22 bits per heavy atom. The summed E-state index contributed by atoms with van der Waals surface area (Å²) >= 11 is 0. The number of hydrogen-bond donors (Lipinski definition) is 1. The van der Waals surface area contributed by atoms with Gasteiger partial charge >= 0.3 is 0 Å². The van der Waals surface area contributed by atoms with Crippen LogP contribution in [0.2, 0.25) is 0 Å². The summed E-state index contributed by atoms with van der Waals surface area (Å²) in [6, 6.07) is 2.15. The van der Waals surface area contributed by atoms with Crippen LogP contribution in [-0.4, -0.2) is 14.6 Å². The van der Waals surface area contributed by atoms with Crippen molar-refractivity contribution in [2.75, 3.05) is 0 Å². The van der Waals surface area contributed by atoms with Crippen molar-refractivity contribution in [3.8, 4) is 6.07 Å². The molecule has 2 aromatic rings. The number of nitrogens with one attached hydrogen (secondary N) is 1. The van der Waals surface area contributed by atoms with Gasteiger partial charge in [0.2, 0.25) is 0 Å². The van der Waals surface area contributed by atoms with E-state index in [1.807, 2.05) is 6.92 Å². The smallest absolute Gasteiger partial charge is 0.277 e. The van der Waals surface area contributed by atoms with Crippen LogP contribution in [0.3, 0.4) is 0 Å². The third-order valence-corrected chi connectivity index (χ3v) is 3.59. The molecule has 92 valence electrons. The Bertz CT molecular complexity index is 717. The molecule has 5 heteroatoms. The molecule has 0 atom stereocenters. The topological polar surface area (TPSA) is 74.0 Å². The maximum Gasteiger partial charge on any atom is 0.277 e. The average Bonchev–Trinajstić information content (AvgIpc) is 2.77. The first-order valence-corrected chi connectivity index (χ1v) is 6.32. The number of H-pyrrole nitrogens is 1. The standard InChI is InChI=1S/C13H14N4O/c1-2-10-9(7-14)12-15-11-6-4-3-5-8(11)13(18)17(12)16-10/h15H,2-6H2,1H3. The van der Waals surface area contributed by atoms with Crippen LogP contribution < -0.4 is 5.56 Å². The van der Waals surface area contributed by atoms with Crippen molar-refractivity contribution < 1.29 is 0 Å². The highest BCUT2D eigenvalue weighted by Gasteiger charge is 2.20. The van der Waals surface area contributed by atoms with Crippen LogP contribution in [0, 0.1) is 11.3 Å². The number of aromatic amines is 1. The minimum absolute atomic E-state index is 0.0605. The molecule has 18 heavy (non-hydrogen) atoms. The molecule has 0 fully saturated rings. The van der Waals surface area contributed by atoms with Gasteiger partial charge in [0.15, 0.2) is 5.65 Å². The van der Waals surface area contributed by atoms with Gasteiger partial charge in [-0.25, -0.2) is 0 Å². The fourth-order valence-corrected chi connectivity index (χ4v) is 2.64. The molecule has 0 aromatic carbocycles. The zero-order valence-corrected chi connectivity index (χ0v) is 10.3. The van der Waals surface area contributed by atoms with Crippen LogP contribution in [0.15, 0.2) is 4.79 Å². The summed E-state index contributed by atoms with van der Waals surface area (Å²) in [7, 11) is 0. The van der Waals surface area contributed by atoms with E-state index in [1.165, 1.54) is 4.52 Å². The molecular formula is C13H14N4O. The monoisotopic (exact) mass is 242 g/mol. The second-order valence-electron chi connectivity index (χ2n) is 4.64. The van der Waals surface area contributed by atoms with Crippen LogP contribution in [0.5, 0.6) is 0 Å². The Hall–Kier alpha value is -2.09. The van der Waals surface area contributed by atoms with Gasteiger partial charge < -0.3 is 4.98 Å². The summed E-state index contributed by atoms with van der Waals surface area (Å²) in [6.45, 7) is 1.94. The number of aryl methyl sites for hydroxylation is 2. The SMILES string of the molecule is CCc1nn2c(=O)c3c([nH]c2c1C#N)CCCC3. The van der Waals surface area contributed by atoms with Crippen molar-refractivity contribution in [2.24, 2.45) is 0 Å². The first-order chi connectivity index (χ1) is 8.76. The van der Waals surface area contributed by atoms with Crippen molar-refractivity contribution in [3.63, 3.8) is 0 Å². The molecular weight excluding hydrogens is 228 g/mol. The molecule has 0 aliphatic heterocycles. The highest BCUT2D eigenvalue weighted by atomic mass is 16.1. The molecule has 2 heterocycles. The van der Waals surface area contributed by atoms with Crippen LogP contribution in [-0.2, 0) is 19.3 Å². The van der Waals surface area contributed by atoms with E-state index >= 15 is 0 Å². The Balaban J connectivity index is 2.41. The Labute approximate surface area is 104 Å². The molecule has 0 saturated heterocycles. The summed E-state index contributed by atoms with van der Waals surface area (Å²) in [6.07, 6.45) is 4.50.